The second-order valence-corrected chi connectivity index (χ2v) is 7.55. The van der Waals surface area contributed by atoms with Crippen LogP contribution in [-0.4, -0.2) is 38.5 Å². The van der Waals surface area contributed by atoms with Gasteiger partial charge < -0.3 is 10.1 Å². The number of halogens is 1. The number of nitrogens with zero attached hydrogens (tertiary/aromatic N) is 4. The third-order valence-electron chi connectivity index (χ3n) is 3.76. The van der Waals surface area contributed by atoms with Crippen molar-refractivity contribution in [2.75, 3.05) is 12.4 Å². The maximum Gasteiger partial charge on any atom is 0.237 e. The van der Waals surface area contributed by atoms with E-state index in [4.69, 9.17) is 16.3 Å². The minimum Gasteiger partial charge on any atom is -0.495 e. The highest BCUT2D eigenvalue weighted by molar-refractivity contribution is 8.00. The Balaban J connectivity index is 1.75. The van der Waals surface area contributed by atoms with Crippen LogP contribution in [0.3, 0.4) is 0 Å². The summed E-state index contributed by atoms with van der Waals surface area (Å²) in [5.41, 5.74) is 2.45. The first kappa shape index (κ1) is 19.2. The number of amides is 1. The van der Waals surface area contributed by atoms with Crippen molar-refractivity contribution in [3.05, 3.63) is 53.1 Å². The summed E-state index contributed by atoms with van der Waals surface area (Å²) >= 11 is 7.27. The highest BCUT2D eigenvalue weighted by Gasteiger charge is 2.20. The van der Waals surface area contributed by atoms with Crippen LogP contribution >= 0.6 is 23.4 Å². The second kappa shape index (κ2) is 8.41. The van der Waals surface area contributed by atoms with E-state index in [1.165, 1.54) is 18.9 Å². The van der Waals surface area contributed by atoms with Gasteiger partial charge in [-0.25, -0.2) is 0 Å². The predicted molar refractivity (Wildman–Crippen MR) is 106 cm³/mol. The molecule has 1 amide bonds. The Bertz CT molecular complexity index is 962. The molecule has 9 heteroatoms. The molecule has 0 saturated carbocycles. The summed E-state index contributed by atoms with van der Waals surface area (Å²) in [6.07, 6.45) is 0. The zero-order chi connectivity index (χ0) is 19.4. The molecule has 1 N–H and O–H groups in total. The van der Waals surface area contributed by atoms with E-state index in [1.54, 1.807) is 29.8 Å². The average Bonchev–Trinajstić information content (AvgIpc) is 3.10. The fourth-order valence-electron chi connectivity index (χ4n) is 2.40. The van der Waals surface area contributed by atoms with Gasteiger partial charge in [0.15, 0.2) is 0 Å². The number of hydrogen-bond donors (Lipinski definition) is 1. The molecule has 140 valence electrons. The molecular weight excluding hydrogens is 386 g/mol. The van der Waals surface area contributed by atoms with Crippen LogP contribution in [0.15, 0.2) is 47.6 Å². The van der Waals surface area contributed by atoms with Crippen LogP contribution in [0.4, 0.5) is 5.69 Å². The topological polar surface area (TPSA) is 81.9 Å². The number of thioether (sulfide) groups is 1. The maximum absolute atomic E-state index is 12.6. The maximum atomic E-state index is 12.6. The third kappa shape index (κ3) is 4.58. The highest BCUT2D eigenvalue weighted by Crippen LogP contribution is 2.29. The lowest BCUT2D eigenvalue weighted by Gasteiger charge is -2.14. The molecule has 1 unspecified atom stereocenters. The molecule has 3 rings (SSSR count). The van der Waals surface area contributed by atoms with Crippen molar-refractivity contribution in [1.82, 2.24) is 20.2 Å². The van der Waals surface area contributed by atoms with Gasteiger partial charge in [0, 0.05) is 5.02 Å². The quantitative estimate of drug-likeness (QED) is 0.631. The van der Waals surface area contributed by atoms with Crippen molar-refractivity contribution in [3.63, 3.8) is 0 Å². The first-order valence-electron chi connectivity index (χ1n) is 8.14. The predicted octanol–water partition coefficient (Wildman–Crippen LogP) is 3.75. The molecule has 27 heavy (non-hydrogen) atoms. The Morgan fingerprint density at radius 2 is 2.11 bits per heavy atom. The summed E-state index contributed by atoms with van der Waals surface area (Å²) in [5, 5.41) is 15.2. The summed E-state index contributed by atoms with van der Waals surface area (Å²) in [6.45, 7) is 3.78. The molecule has 0 fully saturated rings. The van der Waals surface area contributed by atoms with E-state index >= 15 is 0 Å². The van der Waals surface area contributed by atoms with Gasteiger partial charge in [-0.1, -0.05) is 35.5 Å². The molecule has 1 heterocycles. The van der Waals surface area contributed by atoms with Crippen molar-refractivity contribution in [1.29, 1.82) is 0 Å². The summed E-state index contributed by atoms with van der Waals surface area (Å²) in [6, 6.07) is 12.9. The summed E-state index contributed by atoms with van der Waals surface area (Å²) < 4.78 is 6.87. The molecule has 0 saturated heterocycles. The van der Waals surface area contributed by atoms with Crippen LogP contribution in [0.5, 0.6) is 5.75 Å². The lowest BCUT2D eigenvalue weighted by molar-refractivity contribution is -0.115. The summed E-state index contributed by atoms with van der Waals surface area (Å²) in [4.78, 5) is 12.6. The van der Waals surface area contributed by atoms with Crippen molar-refractivity contribution in [2.24, 2.45) is 0 Å². The highest BCUT2D eigenvalue weighted by atomic mass is 35.5. The molecule has 7 nitrogen and oxygen atoms in total. The average molecular weight is 404 g/mol. The first-order valence-corrected chi connectivity index (χ1v) is 9.40. The van der Waals surface area contributed by atoms with Crippen LogP contribution in [0.25, 0.3) is 5.69 Å². The van der Waals surface area contributed by atoms with Gasteiger partial charge in [0.2, 0.25) is 11.1 Å². The smallest absolute Gasteiger partial charge is 0.237 e. The Kier molecular flexibility index (Phi) is 5.98. The minimum atomic E-state index is -0.441. The number of carbonyl (C=O) groups is 1. The third-order valence-corrected chi connectivity index (χ3v) is 5.03. The van der Waals surface area contributed by atoms with Crippen molar-refractivity contribution in [2.45, 2.75) is 24.3 Å². The van der Waals surface area contributed by atoms with Crippen LogP contribution in [0, 0.1) is 6.92 Å². The van der Waals surface area contributed by atoms with E-state index in [0.717, 1.165) is 11.3 Å². The monoisotopic (exact) mass is 403 g/mol. The number of hydrogen-bond acceptors (Lipinski definition) is 6. The van der Waals surface area contributed by atoms with Gasteiger partial charge in [0.25, 0.3) is 0 Å². The number of aromatic nitrogens is 4. The number of anilines is 1. The number of rotatable bonds is 6. The van der Waals surface area contributed by atoms with Gasteiger partial charge >= 0.3 is 0 Å². The number of benzene rings is 2. The van der Waals surface area contributed by atoms with Gasteiger partial charge in [0.1, 0.15) is 5.75 Å². The molecule has 1 atom stereocenters. The number of nitrogens with one attached hydrogen (secondary N) is 1. The Morgan fingerprint density at radius 1 is 1.30 bits per heavy atom. The SMILES string of the molecule is COc1ccc(Cl)cc1NC(=O)C(C)Sc1nnnn1-c1cccc(C)c1. The Morgan fingerprint density at radius 3 is 2.85 bits per heavy atom. The molecule has 1 aromatic heterocycles. The standard InChI is InChI=1S/C18H18ClN5O2S/c1-11-5-4-6-14(9-11)24-18(21-22-23-24)27-12(2)17(25)20-15-10-13(19)7-8-16(15)26-3/h4-10,12H,1-3H3,(H,20,25). The van der Waals surface area contributed by atoms with E-state index < -0.39 is 5.25 Å². The zero-order valence-electron chi connectivity index (χ0n) is 15.0. The number of carbonyl (C=O) groups excluding carboxylic acids is 1. The van der Waals surface area contributed by atoms with Crippen LogP contribution < -0.4 is 10.1 Å². The van der Waals surface area contributed by atoms with Gasteiger partial charge in [-0.05, 0) is 60.2 Å². The molecule has 0 aliphatic heterocycles. The van der Waals surface area contributed by atoms with Crippen LogP contribution in [-0.2, 0) is 4.79 Å². The van der Waals surface area contributed by atoms with Crippen molar-refractivity contribution >= 4 is 35.0 Å². The lowest BCUT2D eigenvalue weighted by atomic mass is 10.2. The van der Waals surface area contributed by atoms with Gasteiger partial charge in [-0.2, -0.15) is 4.68 Å². The first-order chi connectivity index (χ1) is 13.0. The van der Waals surface area contributed by atoms with Crippen molar-refractivity contribution < 1.29 is 9.53 Å². The molecule has 2 aromatic carbocycles. The molecule has 0 radical (unpaired) electrons. The Labute approximate surface area is 166 Å². The van der Waals surface area contributed by atoms with E-state index in [-0.39, 0.29) is 5.91 Å². The number of tetrazole rings is 1. The van der Waals surface area contributed by atoms with Crippen molar-refractivity contribution in [3.8, 4) is 11.4 Å². The number of methoxy groups -OCH3 is 1. The molecular formula is C18H18ClN5O2S. The fourth-order valence-corrected chi connectivity index (χ4v) is 3.38. The largest absolute Gasteiger partial charge is 0.495 e. The lowest BCUT2D eigenvalue weighted by Crippen LogP contribution is -2.23. The normalized spacial score (nSPS) is 11.9. The van der Waals surface area contributed by atoms with E-state index in [1.807, 2.05) is 31.2 Å². The second-order valence-electron chi connectivity index (χ2n) is 5.81. The van der Waals surface area contributed by atoms with Crippen LogP contribution in [0.1, 0.15) is 12.5 Å². The number of aryl methyl sites for hydroxylation is 1. The number of ether oxygens (including phenoxy) is 1. The summed E-state index contributed by atoms with van der Waals surface area (Å²) in [5.74, 6) is 0.328. The van der Waals surface area contributed by atoms with E-state index in [9.17, 15) is 4.79 Å². The van der Waals surface area contributed by atoms with Gasteiger partial charge in [-0.3, -0.25) is 4.79 Å². The molecule has 3 aromatic rings. The van der Waals surface area contributed by atoms with E-state index in [0.29, 0.717) is 21.6 Å². The van der Waals surface area contributed by atoms with Gasteiger partial charge in [-0.15, -0.1) is 5.10 Å². The Hall–Kier alpha value is -2.58. The fraction of sp³-hybridized carbons (Fsp3) is 0.222. The minimum absolute atomic E-state index is 0.209. The molecule has 0 aliphatic rings. The molecule has 0 aliphatic carbocycles. The van der Waals surface area contributed by atoms with E-state index in [2.05, 4.69) is 20.8 Å². The van der Waals surface area contributed by atoms with Gasteiger partial charge in [0.05, 0.1) is 23.7 Å². The zero-order valence-corrected chi connectivity index (χ0v) is 16.6. The summed E-state index contributed by atoms with van der Waals surface area (Å²) in [7, 11) is 1.53. The van der Waals surface area contributed by atoms with Crippen LogP contribution in [0.2, 0.25) is 5.02 Å². The molecule has 0 bridgehead atoms. The molecule has 0 spiro atoms.